The van der Waals surface area contributed by atoms with Crippen molar-refractivity contribution in [3.8, 4) is 0 Å². The first-order valence-corrected chi connectivity index (χ1v) is 7.10. The maximum absolute atomic E-state index is 11.4. The van der Waals surface area contributed by atoms with Crippen LogP contribution in [0.15, 0.2) is 30.5 Å². The summed E-state index contributed by atoms with van der Waals surface area (Å²) in [4.78, 5) is 30.4. The van der Waals surface area contributed by atoms with Crippen LogP contribution in [-0.4, -0.2) is 46.9 Å². The van der Waals surface area contributed by atoms with Gasteiger partial charge < -0.3 is 9.80 Å². The largest absolute Gasteiger partial charge is 0.366 e. The first-order chi connectivity index (χ1) is 10.6. The van der Waals surface area contributed by atoms with E-state index in [2.05, 4.69) is 9.88 Å². The van der Waals surface area contributed by atoms with Crippen LogP contribution in [0.5, 0.6) is 0 Å². The van der Waals surface area contributed by atoms with Crippen LogP contribution in [0.25, 0.3) is 10.9 Å². The number of fused-ring (bicyclic) bond motifs is 1. The minimum atomic E-state index is -0.387. The summed E-state index contributed by atoms with van der Waals surface area (Å²) in [5.41, 5.74) is 1.58. The Morgan fingerprint density at radius 3 is 2.59 bits per heavy atom. The zero-order chi connectivity index (χ0) is 15.7. The number of piperazine rings is 1. The molecule has 2 aromatic rings. The standard InChI is InChI=1S/C15H16N4O3/c1-11(20)17-7-9-18(10-8-17)14-5-4-13(19(21)22)12-3-2-6-16-15(12)14/h2-6H,7-10H2,1H3. The highest BCUT2D eigenvalue weighted by molar-refractivity contribution is 5.97. The number of nitrogens with zero attached hydrogens (tertiary/aromatic N) is 4. The zero-order valence-electron chi connectivity index (χ0n) is 12.2. The Morgan fingerprint density at radius 1 is 1.23 bits per heavy atom. The van der Waals surface area contributed by atoms with Crippen LogP contribution >= 0.6 is 0 Å². The monoisotopic (exact) mass is 300 g/mol. The molecule has 7 heteroatoms. The summed E-state index contributed by atoms with van der Waals surface area (Å²) in [6.45, 7) is 4.27. The molecule has 1 aromatic heterocycles. The third-order valence-electron chi connectivity index (χ3n) is 3.99. The van der Waals surface area contributed by atoms with Crippen LogP contribution in [0.4, 0.5) is 11.4 Å². The number of carbonyl (C=O) groups excluding carboxylic acids is 1. The second-order valence-corrected chi connectivity index (χ2v) is 5.25. The van der Waals surface area contributed by atoms with E-state index in [0.717, 1.165) is 5.69 Å². The van der Waals surface area contributed by atoms with Crippen molar-refractivity contribution in [1.82, 2.24) is 9.88 Å². The lowest BCUT2D eigenvalue weighted by Crippen LogP contribution is -2.48. The molecule has 1 saturated heterocycles. The molecule has 2 heterocycles. The van der Waals surface area contributed by atoms with E-state index in [1.54, 1.807) is 36.2 Å². The predicted molar refractivity (Wildman–Crippen MR) is 82.9 cm³/mol. The van der Waals surface area contributed by atoms with Gasteiger partial charge in [0.05, 0.1) is 16.0 Å². The normalized spacial score (nSPS) is 15.1. The first kappa shape index (κ1) is 14.2. The van der Waals surface area contributed by atoms with E-state index in [9.17, 15) is 14.9 Å². The van der Waals surface area contributed by atoms with Gasteiger partial charge in [0.2, 0.25) is 5.91 Å². The Balaban J connectivity index is 1.97. The van der Waals surface area contributed by atoms with E-state index in [1.807, 2.05) is 0 Å². The molecule has 0 aliphatic carbocycles. The fraction of sp³-hybridized carbons (Fsp3) is 0.333. The molecule has 0 radical (unpaired) electrons. The van der Waals surface area contributed by atoms with Gasteiger partial charge in [0.15, 0.2) is 0 Å². The van der Waals surface area contributed by atoms with Gasteiger partial charge in [0, 0.05) is 45.4 Å². The van der Waals surface area contributed by atoms with Crippen molar-refractivity contribution in [2.75, 3.05) is 31.1 Å². The van der Waals surface area contributed by atoms with Crippen molar-refractivity contribution in [3.63, 3.8) is 0 Å². The molecule has 114 valence electrons. The topological polar surface area (TPSA) is 79.6 Å². The number of non-ortho nitro benzene ring substituents is 1. The summed E-state index contributed by atoms with van der Waals surface area (Å²) in [7, 11) is 0. The van der Waals surface area contributed by atoms with Crippen LogP contribution in [0.3, 0.4) is 0 Å². The maximum atomic E-state index is 11.4. The maximum Gasteiger partial charge on any atom is 0.278 e. The van der Waals surface area contributed by atoms with E-state index in [0.29, 0.717) is 37.1 Å². The van der Waals surface area contributed by atoms with Crippen LogP contribution in [0, 0.1) is 10.1 Å². The number of amides is 1. The summed E-state index contributed by atoms with van der Waals surface area (Å²) in [5, 5.41) is 11.7. The number of pyridine rings is 1. The molecule has 1 aliphatic rings. The van der Waals surface area contributed by atoms with E-state index < -0.39 is 0 Å². The number of benzene rings is 1. The lowest BCUT2D eigenvalue weighted by Gasteiger charge is -2.35. The summed E-state index contributed by atoms with van der Waals surface area (Å²) < 4.78 is 0. The highest BCUT2D eigenvalue weighted by Crippen LogP contribution is 2.32. The SMILES string of the molecule is CC(=O)N1CCN(c2ccc([N+](=O)[O-])c3cccnc23)CC1. The summed E-state index contributed by atoms with van der Waals surface area (Å²) >= 11 is 0. The highest BCUT2D eigenvalue weighted by atomic mass is 16.6. The fourth-order valence-corrected chi connectivity index (χ4v) is 2.82. The molecule has 1 fully saturated rings. The molecule has 7 nitrogen and oxygen atoms in total. The lowest BCUT2D eigenvalue weighted by atomic mass is 10.1. The number of hydrogen-bond acceptors (Lipinski definition) is 5. The molecule has 0 N–H and O–H groups in total. The summed E-state index contributed by atoms with van der Waals surface area (Å²) in [5.74, 6) is 0.0753. The molecule has 1 amide bonds. The van der Waals surface area contributed by atoms with Crippen molar-refractivity contribution >= 4 is 28.2 Å². The smallest absolute Gasteiger partial charge is 0.278 e. The quantitative estimate of drug-likeness (QED) is 0.624. The minimum absolute atomic E-state index is 0.0641. The summed E-state index contributed by atoms with van der Waals surface area (Å²) in [6, 6.07) is 6.69. The molecule has 0 atom stereocenters. The molecule has 1 aromatic carbocycles. The van der Waals surface area contributed by atoms with Gasteiger partial charge in [-0.3, -0.25) is 19.9 Å². The number of carbonyl (C=O) groups is 1. The molecule has 0 bridgehead atoms. The molecule has 3 rings (SSSR count). The van der Waals surface area contributed by atoms with Gasteiger partial charge in [-0.1, -0.05) is 0 Å². The Morgan fingerprint density at radius 2 is 1.95 bits per heavy atom. The number of nitro groups is 1. The fourth-order valence-electron chi connectivity index (χ4n) is 2.82. The number of hydrogen-bond donors (Lipinski definition) is 0. The summed E-state index contributed by atoms with van der Waals surface area (Å²) in [6.07, 6.45) is 1.64. The second-order valence-electron chi connectivity index (χ2n) is 5.25. The zero-order valence-corrected chi connectivity index (χ0v) is 12.2. The van der Waals surface area contributed by atoms with Crippen LogP contribution in [0.1, 0.15) is 6.92 Å². The Hall–Kier alpha value is -2.70. The molecule has 0 saturated carbocycles. The molecule has 0 unspecified atom stereocenters. The predicted octanol–water partition coefficient (Wildman–Crippen LogP) is 1.81. The van der Waals surface area contributed by atoms with Crippen molar-refractivity contribution in [1.29, 1.82) is 0 Å². The highest BCUT2D eigenvalue weighted by Gasteiger charge is 2.22. The van der Waals surface area contributed by atoms with Gasteiger partial charge in [-0.05, 0) is 18.2 Å². The number of nitro benzene ring substituents is 1. The van der Waals surface area contributed by atoms with E-state index in [4.69, 9.17) is 0 Å². The number of rotatable bonds is 2. The van der Waals surface area contributed by atoms with Gasteiger partial charge in [-0.15, -0.1) is 0 Å². The third kappa shape index (κ3) is 2.45. The Kier molecular flexibility index (Phi) is 3.62. The third-order valence-corrected chi connectivity index (χ3v) is 3.99. The van der Waals surface area contributed by atoms with Crippen LogP contribution in [0.2, 0.25) is 0 Å². The second kappa shape index (κ2) is 5.59. The molecule has 1 aliphatic heterocycles. The van der Waals surface area contributed by atoms with E-state index >= 15 is 0 Å². The van der Waals surface area contributed by atoms with Crippen LogP contribution < -0.4 is 4.90 Å². The van der Waals surface area contributed by atoms with Gasteiger partial charge in [0.25, 0.3) is 5.69 Å². The molecule has 0 spiro atoms. The van der Waals surface area contributed by atoms with E-state index in [1.165, 1.54) is 6.07 Å². The average Bonchev–Trinajstić information content (AvgIpc) is 2.53. The average molecular weight is 300 g/mol. The van der Waals surface area contributed by atoms with Crippen molar-refractivity contribution in [2.45, 2.75) is 6.92 Å². The first-order valence-electron chi connectivity index (χ1n) is 7.10. The lowest BCUT2D eigenvalue weighted by molar-refractivity contribution is -0.383. The van der Waals surface area contributed by atoms with Gasteiger partial charge >= 0.3 is 0 Å². The Labute approximate surface area is 127 Å². The van der Waals surface area contributed by atoms with Crippen LogP contribution in [-0.2, 0) is 4.79 Å². The molecule has 22 heavy (non-hydrogen) atoms. The number of aromatic nitrogens is 1. The van der Waals surface area contributed by atoms with Gasteiger partial charge in [-0.2, -0.15) is 0 Å². The Bertz CT molecular complexity index is 739. The minimum Gasteiger partial charge on any atom is -0.366 e. The van der Waals surface area contributed by atoms with E-state index in [-0.39, 0.29) is 16.5 Å². The molecular formula is C15H16N4O3. The van der Waals surface area contributed by atoms with Gasteiger partial charge in [0.1, 0.15) is 5.52 Å². The van der Waals surface area contributed by atoms with Crippen molar-refractivity contribution in [2.24, 2.45) is 0 Å². The van der Waals surface area contributed by atoms with Crippen molar-refractivity contribution < 1.29 is 9.72 Å². The number of anilines is 1. The van der Waals surface area contributed by atoms with Crippen molar-refractivity contribution in [3.05, 3.63) is 40.6 Å². The van der Waals surface area contributed by atoms with Gasteiger partial charge in [-0.25, -0.2) is 0 Å². The molecular weight excluding hydrogens is 284 g/mol.